The molecule has 0 amide bonds. The van der Waals surface area contributed by atoms with E-state index in [-0.39, 0.29) is 5.92 Å². The minimum absolute atomic E-state index is 0.214. The normalized spacial score (nSPS) is 15.2. The lowest BCUT2D eigenvalue weighted by molar-refractivity contribution is 0.115. The highest BCUT2D eigenvalue weighted by atomic mass is 79.9. The number of benzene rings is 1. The van der Waals surface area contributed by atoms with E-state index in [1.54, 1.807) is 6.07 Å². The lowest BCUT2D eigenvalue weighted by Crippen LogP contribution is -2.09. The molecule has 0 aliphatic rings. The van der Waals surface area contributed by atoms with Gasteiger partial charge in [-0.1, -0.05) is 53.9 Å². The SMILES string of the molecule is CCC(C)C(O)c1c(Cl)cccc1Br. The Labute approximate surface area is 98.2 Å². The second-order valence-corrected chi connectivity index (χ2v) is 4.73. The quantitative estimate of drug-likeness (QED) is 0.878. The van der Waals surface area contributed by atoms with Gasteiger partial charge in [0.25, 0.3) is 0 Å². The molecule has 0 saturated carbocycles. The molecule has 1 aromatic carbocycles. The van der Waals surface area contributed by atoms with Crippen LogP contribution < -0.4 is 0 Å². The Morgan fingerprint density at radius 1 is 1.50 bits per heavy atom. The molecule has 1 rings (SSSR count). The molecular weight excluding hydrogens is 263 g/mol. The molecule has 0 spiro atoms. The summed E-state index contributed by atoms with van der Waals surface area (Å²) >= 11 is 9.44. The van der Waals surface area contributed by atoms with Crippen molar-refractivity contribution >= 4 is 27.5 Å². The average Bonchev–Trinajstić information content (AvgIpc) is 2.16. The summed E-state index contributed by atoms with van der Waals surface area (Å²) in [5.74, 6) is 0.214. The van der Waals surface area contributed by atoms with E-state index in [0.29, 0.717) is 5.02 Å². The molecule has 14 heavy (non-hydrogen) atoms. The van der Waals surface area contributed by atoms with Gasteiger partial charge < -0.3 is 5.11 Å². The van der Waals surface area contributed by atoms with E-state index >= 15 is 0 Å². The van der Waals surface area contributed by atoms with E-state index in [9.17, 15) is 5.11 Å². The van der Waals surface area contributed by atoms with E-state index in [2.05, 4.69) is 22.9 Å². The lowest BCUT2D eigenvalue weighted by atomic mass is 9.95. The summed E-state index contributed by atoms with van der Waals surface area (Å²) in [4.78, 5) is 0. The van der Waals surface area contributed by atoms with Crippen LogP contribution in [0.5, 0.6) is 0 Å². The molecule has 1 aromatic rings. The molecule has 0 aliphatic carbocycles. The van der Waals surface area contributed by atoms with Crippen molar-refractivity contribution in [3.8, 4) is 0 Å². The van der Waals surface area contributed by atoms with Gasteiger partial charge in [-0.2, -0.15) is 0 Å². The van der Waals surface area contributed by atoms with Crippen molar-refractivity contribution in [1.82, 2.24) is 0 Å². The van der Waals surface area contributed by atoms with Crippen LogP contribution in [0.3, 0.4) is 0 Å². The minimum atomic E-state index is -0.497. The molecule has 1 nitrogen and oxygen atoms in total. The number of halogens is 2. The Morgan fingerprint density at radius 3 is 2.64 bits per heavy atom. The highest BCUT2D eigenvalue weighted by Gasteiger charge is 2.19. The molecule has 3 heteroatoms. The van der Waals surface area contributed by atoms with Crippen LogP contribution in [0, 0.1) is 5.92 Å². The zero-order chi connectivity index (χ0) is 10.7. The summed E-state index contributed by atoms with van der Waals surface area (Å²) in [6, 6.07) is 5.55. The molecule has 0 aliphatic heterocycles. The first-order valence-electron chi connectivity index (χ1n) is 4.69. The number of rotatable bonds is 3. The summed E-state index contributed by atoms with van der Waals surface area (Å²) in [6.45, 7) is 4.07. The third-order valence-corrected chi connectivity index (χ3v) is 3.50. The van der Waals surface area contributed by atoms with Crippen LogP contribution in [0.1, 0.15) is 31.9 Å². The first kappa shape index (κ1) is 12.0. The average molecular weight is 278 g/mol. The standard InChI is InChI=1S/C11H14BrClO/c1-3-7(2)11(14)10-8(12)5-4-6-9(10)13/h4-7,11,14H,3H2,1-2H3. The highest BCUT2D eigenvalue weighted by Crippen LogP contribution is 2.35. The van der Waals surface area contributed by atoms with E-state index in [1.165, 1.54) is 0 Å². The van der Waals surface area contributed by atoms with Gasteiger partial charge in [0, 0.05) is 15.1 Å². The topological polar surface area (TPSA) is 20.2 Å². The summed E-state index contributed by atoms with van der Waals surface area (Å²) in [7, 11) is 0. The van der Waals surface area contributed by atoms with E-state index in [1.807, 2.05) is 19.1 Å². The number of aliphatic hydroxyl groups excluding tert-OH is 1. The molecule has 0 radical (unpaired) electrons. The predicted octanol–water partition coefficient (Wildman–Crippen LogP) is 4.18. The van der Waals surface area contributed by atoms with Gasteiger partial charge in [-0.25, -0.2) is 0 Å². The number of aliphatic hydroxyl groups is 1. The fourth-order valence-corrected chi connectivity index (χ4v) is 2.30. The van der Waals surface area contributed by atoms with Crippen LogP contribution in [0.2, 0.25) is 5.02 Å². The zero-order valence-electron chi connectivity index (χ0n) is 8.30. The Balaban J connectivity index is 3.05. The van der Waals surface area contributed by atoms with Crippen molar-refractivity contribution in [2.45, 2.75) is 26.4 Å². The van der Waals surface area contributed by atoms with Gasteiger partial charge >= 0.3 is 0 Å². The van der Waals surface area contributed by atoms with Crippen LogP contribution in [0.4, 0.5) is 0 Å². The Bertz CT molecular complexity index is 294. The van der Waals surface area contributed by atoms with Gasteiger partial charge in [0.15, 0.2) is 0 Å². The second kappa shape index (κ2) is 5.15. The van der Waals surface area contributed by atoms with Crippen molar-refractivity contribution in [2.75, 3.05) is 0 Å². The first-order valence-corrected chi connectivity index (χ1v) is 5.87. The van der Waals surface area contributed by atoms with Gasteiger partial charge in [-0.3, -0.25) is 0 Å². The fourth-order valence-electron chi connectivity index (χ4n) is 1.30. The van der Waals surface area contributed by atoms with Crippen LogP contribution in [-0.4, -0.2) is 5.11 Å². The highest BCUT2D eigenvalue weighted by molar-refractivity contribution is 9.10. The fraction of sp³-hybridized carbons (Fsp3) is 0.455. The third-order valence-electron chi connectivity index (χ3n) is 2.48. The van der Waals surface area contributed by atoms with Crippen molar-refractivity contribution in [3.63, 3.8) is 0 Å². The van der Waals surface area contributed by atoms with E-state index < -0.39 is 6.10 Å². The molecule has 0 fully saturated rings. The molecular formula is C11H14BrClO. The third kappa shape index (κ3) is 2.50. The summed E-state index contributed by atoms with van der Waals surface area (Å²) in [6.07, 6.45) is 0.432. The number of hydrogen-bond donors (Lipinski definition) is 1. The van der Waals surface area contributed by atoms with Crippen molar-refractivity contribution in [3.05, 3.63) is 33.3 Å². The van der Waals surface area contributed by atoms with Crippen molar-refractivity contribution < 1.29 is 5.11 Å². The summed E-state index contributed by atoms with van der Waals surface area (Å²) in [5, 5.41) is 10.7. The molecule has 0 aromatic heterocycles. The van der Waals surface area contributed by atoms with Crippen molar-refractivity contribution in [2.24, 2.45) is 5.92 Å². The van der Waals surface area contributed by atoms with Gasteiger partial charge in [0.05, 0.1) is 6.10 Å². The number of hydrogen-bond acceptors (Lipinski definition) is 1. The first-order chi connectivity index (χ1) is 6.57. The second-order valence-electron chi connectivity index (χ2n) is 3.47. The molecule has 78 valence electrons. The largest absolute Gasteiger partial charge is 0.388 e. The maximum atomic E-state index is 10.0. The minimum Gasteiger partial charge on any atom is -0.388 e. The molecule has 2 unspecified atom stereocenters. The summed E-state index contributed by atoms with van der Waals surface area (Å²) < 4.78 is 0.873. The molecule has 2 atom stereocenters. The van der Waals surface area contributed by atoms with E-state index in [4.69, 9.17) is 11.6 Å². The zero-order valence-corrected chi connectivity index (χ0v) is 10.6. The van der Waals surface area contributed by atoms with Crippen LogP contribution in [0.25, 0.3) is 0 Å². The Kier molecular flexibility index (Phi) is 4.42. The van der Waals surface area contributed by atoms with Gasteiger partial charge in [-0.15, -0.1) is 0 Å². The molecule has 1 N–H and O–H groups in total. The van der Waals surface area contributed by atoms with Crippen LogP contribution >= 0.6 is 27.5 Å². The lowest BCUT2D eigenvalue weighted by Gasteiger charge is -2.19. The summed E-state index contributed by atoms with van der Waals surface area (Å²) in [5.41, 5.74) is 0.795. The molecule has 0 bridgehead atoms. The van der Waals surface area contributed by atoms with Gasteiger partial charge in [0.2, 0.25) is 0 Å². The maximum Gasteiger partial charge on any atom is 0.0840 e. The van der Waals surface area contributed by atoms with Crippen molar-refractivity contribution in [1.29, 1.82) is 0 Å². The maximum absolute atomic E-state index is 10.0. The smallest absolute Gasteiger partial charge is 0.0840 e. The molecule has 0 heterocycles. The van der Waals surface area contributed by atoms with Gasteiger partial charge in [0.1, 0.15) is 0 Å². The van der Waals surface area contributed by atoms with Gasteiger partial charge in [-0.05, 0) is 18.1 Å². The van der Waals surface area contributed by atoms with Crippen LogP contribution in [-0.2, 0) is 0 Å². The Morgan fingerprint density at radius 2 is 2.14 bits per heavy atom. The molecule has 0 saturated heterocycles. The Hall–Kier alpha value is -0.0500. The van der Waals surface area contributed by atoms with E-state index in [0.717, 1.165) is 16.5 Å². The van der Waals surface area contributed by atoms with Crippen LogP contribution in [0.15, 0.2) is 22.7 Å². The predicted molar refractivity (Wildman–Crippen MR) is 63.6 cm³/mol. The monoisotopic (exact) mass is 276 g/mol.